The molecule has 0 aliphatic rings. The van der Waals surface area contributed by atoms with E-state index in [1.54, 1.807) is 0 Å². The third-order valence-electron chi connectivity index (χ3n) is 2.89. The highest BCUT2D eigenvalue weighted by Gasteiger charge is 2.09. The van der Waals surface area contributed by atoms with Crippen LogP contribution in [0.4, 0.5) is 0 Å². The van der Waals surface area contributed by atoms with Gasteiger partial charge in [-0.1, -0.05) is 12.1 Å². The standard InChI is InChI=1S/C16H21IN2O/c1-16(2,3)19-9-5-8-15-18-11-14(20-15)12-6-4-7-13(17)10-12/h4,6-7,10-11,19H,5,8-9H2,1-3H3. The maximum Gasteiger partial charge on any atom is 0.194 e. The second kappa shape index (κ2) is 6.72. The highest BCUT2D eigenvalue weighted by molar-refractivity contribution is 14.1. The third kappa shape index (κ3) is 4.90. The van der Waals surface area contributed by atoms with Crippen LogP contribution in [0.2, 0.25) is 0 Å². The highest BCUT2D eigenvalue weighted by Crippen LogP contribution is 2.22. The average Bonchev–Trinajstić information content (AvgIpc) is 2.82. The van der Waals surface area contributed by atoms with Crippen molar-refractivity contribution in [1.29, 1.82) is 0 Å². The lowest BCUT2D eigenvalue weighted by Crippen LogP contribution is -2.36. The lowest BCUT2D eigenvalue weighted by molar-refractivity contribution is 0.412. The van der Waals surface area contributed by atoms with Crippen molar-refractivity contribution in [3.8, 4) is 11.3 Å². The summed E-state index contributed by atoms with van der Waals surface area (Å²) in [4.78, 5) is 4.36. The number of nitrogens with zero attached hydrogens (tertiary/aromatic N) is 1. The Hall–Kier alpha value is -0.880. The molecule has 1 N–H and O–H groups in total. The minimum Gasteiger partial charge on any atom is -0.441 e. The minimum atomic E-state index is 0.169. The molecular weight excluding hydrogens is 363 g/mol. The lowest BCUT2D eigenvalue weighted by atomic mass is 10.1. The van der Waals surface area contributed by atoms with Crippen LogP contribution in [0.15, 0.2) is 34.9 Å². The molecule has 0 aliphatic heterocycles. The minimum absolute atomic E-state index is 0.169. The van der Waals surface area contributed by atoms with Crippen LogP contribution in [0, 0.1) is 3.57 Å². The first kappa shape index (κ1) is 15.5. The Morgan fingerprint density at radius 3 is 2.80 bits per heavy atom. The first-order valence-electron chi connectivity index (χ1n) is 6.90. The molecule has 0 fully saturated rings. The molecule has 0 unspecified atom stereocenters. The number of aromatic nitrogens is 1. The molecule has 1 aromatic carbocycles. The van der Waals surface area contributed by atoms with Gasteiger partial charge in [0.1, 0.15) is 0 Å². The van der Waals surface area contributed by atoms with E-state index in [9.17, 15) is 0 Å². The summed E-state index contributed by atoms with van der Waals surface area (Å²) < 4.78 is 7.02. The van der Waals surface area contributed by atoms with Crippen molar-refractivity contribution in [2.45, 2.75) is 39.2 Å². The maximum atomic E-state index is 5.81. The molecule has 1 aromatic heterocycles. The Morgan fingerprint density at radius 2 is 2.10 bits per heavy atom. The van der Waals surface area contributed by atoms with Crippen LogP contribution < -0.4 is 5.32 Å². The number of nitrogens with one attached hydrogen (secondary N) is 1. The molecule has 4 heteroatoms. The summed E-state index contributed by atoms with van der Waals surface area (Å²) >= 11 is 2.30. The van der Waals surface area contributed by atoms with Crippen LogP contribution in [0.1, 0.15) is 33.1 Å². The zero-order valence-corrected chi connectivity index (χ0v) is 14.4. The fourth-order valence-corrected chi connectivity index (χ4v) is 2.45. The van der Waals surface area contributed by atoms with Gasteiger partial charge < -0.3 is 9.73 Å². The SMILES string of the molecule is CC(C)(C)NCCCc1ncc(-c2cccc(I)c2)o1. The average molecular weight is 384 g/mol. The van der Waals surface area contributed by atoms with Crippen molar-refractivity contribution in [1.82, 2.24) is 10.3 Å². The Morgan fingerprint density at radius 1 is 1.30 bits per heavy atom. The van der Waals surface area contributed by atoms with Crippen molar-refractivity contribution >= 4 is 22.6 Å². The molecule has 1 heterocycles. The topological polar surface area (TPSA) is 38.1 Å². The van der Waals surface area contributed by atoms with Crippen molar-refractivity contribution in [2.24, 2.45) is 0 Å². The van der Waals surface area contributed by atoms with E-state index in [2.05, 4.69) is 65.8 Å². The predicted octanol–water partition coefficient (Wildman–Crippen LogP) is 4.27. The summed E-state index contributed by atoms with van der Waals surface area (Å²) in [6.45, 7) is 7.50. The van der Waals surface area contributed by atoms with E-state index in [1.807, 2.05) is 18.3 Å². The van der Waals surface area contributed by atoms with Gasteiger partial charge in [0.25, 0.3) is 0 Å². The third-order valence-corrected chi connectivity index (χ3v) is 3.56. The quantitative estimate of drug-likeness (QED) is 0.618. The van der Waals surface area contributed by atoms with Crippen LogP contribution >= 0.6 is 22.6 Å². The summed E-state index contributed by atoms with van der Waals surface area (Å²) in [5.74, 6) is 1.66. The molecule has 0 atom stereocenters. The number of oxazole rings is 1. The van der Waals surface area contributed by atoms with E-state index in [1.165, 1.54) is 3.57 Å². The van der Waals surface area contributed by atoms with Gasteiger partial charge in [-0.3, -0.25) is 0 Å². The van der Waals surface area contributed by atoms with E-state index in [-0.39, 0.29) is 5.54 Å². The number of hydrogen-bond donors (Lipinski definition) is 1. The second-order valence-electron chi connectivity index (χ2n) is 5.91. The van der Waals surface area contributed by atoms with Crippen molar-refractivity contribution in [3.05, 3.63) is 39.9 Å². The largest absolute Gasteiger partial charge is 0.441 e. The van der Waals surface area contributed by atoms with Crippen LogP contribution in [0.3, 0.4) is 0 Å². The number of aryl methyl sites for hydroxylation is 1. The zero-order valence-electron chi connectivity index (χ0n) is 12.2. The van der Waals surface area contributed by atoms with E-state index in [0.29, 0.717) is 0 Å². The van der Waals surface area contributed by atoms with Gasteiger partial charge in [-0.2, -0.15) is 0 Å². The zero-order chi connectivity index (χ0) is 14.6. The molecule has 2 rings (SSSR count). The van der Waals surface area contributed by atoms with E-state index >= 15 is 0 Å². The summed E-state index contributed by atoms with van der Waals surface area (Å²) in [5.41, 5.74) is 1.26. The van der Waals surface area contributed by atoms with Gasteiger partial charge in [-0.25, -0.2) is 4.98 Å². The Kier molecular flexibility index (Phi) is 5.21. The first-order valence-corrected chi connectivity index (χ1v) is 7.97. The number of hydrogen-bond acceptors (Lipinski definition) is 3. The first-order chi connectivity index (χ1) is 9.44. The highest BCUT2D eigenvalue weighted by atomic mass is 127. The van der Waals surface area contributed by atoms with Gasteiger partial charge in [0.05, 0.1) is 6.20 Å². The van der Waals surface area contributed by atoms with Gasteiger partial charge in [-0.15, -0.1) is 0 Å². The molecule has 0 spiro atoms. The molecule has 108 valence electrons. The number of benzene rings is 1. The monoisotopic (exact) mass is 384 g/mol. The van der Waals surface area contributed by atoms with Crippen LogP contribution in [-0.2, 0) is 6.42 Å². The Bertz CT molecular complexity index is 558. The fourth-order valence-electron chi connectivity index (χ4n) is 1.90. The van der Waals surface area contributed by atoms with Gasteiger partial charge in [0.2, 0.25) is 0 Å². The molecule has 0 amide bonds. The van der Waals surface area contributed by atoms with Crippen LogP contribution in [-0.4, -0.2) is 17.1 Å². The fraction of sp³-hybridized carbons (Fsp3) is 0.438. The summed E-state index contributed by atoms with van der Waals surface area (Å²) in [7, 11) is 0. The summed E-state index contributed by atoms with van der Waals surface area (Å²) in [6, 6.07) is 8.26. The van der Waals surface area contributed by atoms with Crippen molar-refractivity contribution in [3.63, 3.8) is 0 Å². The molecule has 0 aliphatic carbocycles. The Labute approximate surface area is 134 Å². The van der Waals surface area contributed by atoms with Gasteiger partial charge >= 0.3 is 0 Å². The van der Waals surface area contributed by atoms with Crippen LogP contribution in [0.5, 0.6) is 0 Å². The number of halogens is 1. The maximum absolute atomic E-state index is 5.81. The molecule has 0 saturated heterocycles. The predicted molar refractivity (Wildman–Crippen MR) is 90.7 cm³/mol. The lowest BCUT2D eigenvalue weighted by Gasteiger charge is -2.19. The van der Waals surface area contributed by atoms with Gasteiger partial charge in [-0.05, 0) is 68.5 Å². The molecule has 0 saturated carbocycles. The normalized spacial score (nSPS) is 11.8. The molecular formula is C16H21IN2O. The van der Waals surface area contributed by atoms with Crippen LogP contribution in [0.25, 0.3) is 11.3 Å². The summed E-state index contributed by atoms with van der Waals surface area (Å²) in [5, 5.41) is 3.47. The summed E-state index contributed by atoms with van der Waals surface area (Å²) in [6.07, 6.45) is 3.72. The van der Waals surface area contributed by atoms with Gasteiger partial charge in [0.15, 0.2) is 11.7 Å². The van der Waals surface area contributed by atoms with E-state index in [0.717, 1.165) is 36.6 Å². The van der Waals surface area contributed by atoms with Crippen molar-refractivity contribution < 1.29 is 4.42 Å². The van der Waals surface area contributed by atoms with E-state index in [4.69, 9.17) is 4.42 Å². The molecule has 0 bridgehead atoms. The van der Waals surface area contributed by atoms with Crippen molar-refractivity contribution in [2.75, 3.05) is 6.54 Å². The molecule has 20 heavy (non-hydrogen) atoms. The molecule has 0 radical (unpaired) electrons. The number of rotatable bonds is 5. The second-order valence-corrected chi connectivity index (χ2v) is 7.15. The Balaban J connectivity index is 1.90. The molecule has 3 nitrogen and oxygen atoms in total. The smallest absolute Gasteiger partial charge is 0.194 e. The van der Waals surface area contributed by atoms with E-state index < -0.39 is 0 Å². The molecule has 2 aromatic rings. The van der Waals surface area contributed by atoms with Gasteiger partial charge in [0, 0.05) is 21.1 Å².